The smallest absolute Gasteiger partial charge is 0.264 e. The zero-order valence-corrected chi connectivity index (χ0v) is 22.7. The van der Waals surface area contributed by atoms with Gasteiger partial charge in [-0.15, -0.1) is 0 Å². The van der Waals surface area contributed by atoms with Crippen LogP contribution < -0.4 is 9.62 Å². The molecule has 0 radical (unpaired) electrons. The SMILES string of the molecule is Cc1ccc(S(=O)(=O)N(CC(=O)NCC(C)Cc2cccc3ccccc23)c2ccc(C)c(C)c2)cc1. The maximum Gasteiger partial charge on any atom is 0.264 e. The Labute approximate surface area is 220 Å². The number of carbonyl (C=O) groups excluding carboxylic acids is 1. The first-order valence-corrected chi connectivity index (χ1v) is 14.0. The van der Waals surface area contributed by atoms with Gasteiger partial charge in [0.25, 0.3) is 10.0 Å². The topological polar surface area (TPSA) is 66.5 Å². The predicted octanol–water partition coefficient (Wildman–Crippen LogP) is 5.96. The number of hydrogen-bond donors (Lipinski definition) is 1. The molecule has 0 aliphatic heterocycles. The fourth-order valence-corrected chi connectivity index (χ4v) is 5.84. The molecular weight excluding hydrogens is 480 g/mol. The van der Waals surface area contributed by atoms with Gasteiger partial charge in [-0.1, -0.05) is 73.2 Å². The highest BCUT2D eigenvalue weighted by atomic mass is 32.2. The van der Waals surface area contributed by atoms with Crippen molar-refractivity contribution in [3.8, 4) is 0 Å². The summed E-state index contributed by atoms with van der Waals surface area (Å²) < 4.78 is 28.5. The summed E-state index contributed by atoms with van der Waals surface area (Å²) in [5, 5.41) is 5.38. The predicted molar refractivity (Wildman–Crippen MR) is 151 cm³/mol. The molecule has 4 aromatic carbocycles. The van der Waals surface area contributed by atoms with Crippen molar-refractivity contribution in [3.05, 3.63) is 107 Å². The molecule has 0 heterocycles. The third-order valence-corrected chi connectivity index (χ3v) is 8.56. The number of benzene rings is 4. The van der Waals surface area contributed by atoms with Gasteiger partial charge in [0.1, 0.15) is 6.54 Å². The number of aryl methyl sites for hydroxylation is 3. The monoisotopic (exact) mass is 514 g/mol. The van der Waals surface area contributed by atoms with Crippen molar-refractivity contribution in [1.82, 2.24) is 5.32 Å². The van der Waals surface area contributed by atoms with Gasteiger partial charge in [-0.25, -0.2) is 8.42 Å². The van der Waals surface area contributed by atoms with Gasteiger partial charge >= 0.3 is 0 Å². The number of carbonyl (C=O) groups is 1. The van der Waals surface area contributed by atoms with Gasteiger partial charge in [0.15, 0.2) is 0 Å². The molecule has 192 valence electrons. The van der Waals surface area contributed by atoms with Crippen LogP contribution in [0.15, 0.2) is 89.8 Å². The summed E-state index contributed by atoms with van der Waals surface area (Å²) in [5.41, 5.74) is 4.70. The van der Waals surface area contributed by atoms with Crippen molar-refractivity contribution in [3.63, 3.8) is 0 Å². The van der Waals surface area contributed by atoms with Crippen molar-refractivity contribution < 1.29 is 13.2 Å². The molecule has 1 atom stereocenters. The minimum atomic E-state index is -3.93. The molecule has 1 amide bonds. The molecule has 0 bridgehead atoms. The second-order valence-corrected chi connectivity index (χ2v) is 11.7. The fourth-order valence-electron chi connectivity index (χ4n) is 4.43. The molecule has 6 heteroatoms. The average molecular weight is 515 g/mol. The Bertz CT molecular complexity index is 1510. The molecule has 4 rings (SSSR count). The van der Waals surface area contributed by atoms with Crippen LogP contribution in [0.1, 0.15) is 29.2 Å². The molecule has 4 aromatic rings. The lowest BCUT2D eigenvalue weighted by Crippen LogP contribution is -2.42. The standard InChI is InChI=1S/C31H34N2O3S/c1-22-12-16-29(17-13-22)37(35,36)33(28-15-14-24(3)25(4)19-28)21-31(34)32-20-23(2)18-27-10-7-9-26-8-5-6-11-30(26)27/h5-17,19,23H,18,20-21H2,1-4H3,(H,32,34). The van der Waals surface area contributed by atoms with E-state index in [1.807, 2.05) is 45.0 Å². The van der Waals surface area contributed by atoms with Crippen molar-refractivity contribution >= 4 is 32.4 Å². The second-order valence-electron chi connectivity index (χ2n) is 9.84. The zero-order valence-electron chi connectivity index (χ0n) is 21.9. The van der Waals surface area contributed by atoms with E-state index < -0.39 is 10.0 Å². The van der Waals surface area contributed by atoms with Crippen molar-refractivity contribution in [2.75, 3.05) is 17.4 Å². The summed E-state index contributed by atoms with van der Waals surface area (Å²) in [7, 11) is -3.93. The molecule has 1 unspecified atom stereocenters. The van der Waals surface area contributed by atoms with Crippen molar-refractivity contribution in [1.29, 1.82) is 0 Å². The Kier molecular flexibility index (Phi) is 7.98. The lowest BCUT2D eigenvalue weighted by Gasteiger charge is -2.25. The summed E-state index contributed by atoms with van der Waals surface area (Å²) in [6.07, 6.45) is 0.810. The van der Waals surface area contributed by atoms with Crippen LogP contribution in [0.25, 0.3) is 10.8 Å². The zero-order chi connectivity index (χ0) is 26.6. The van der Waals surface area contributed by atoms with Crippen molar-refractivity contribution in [2.45, 2.75) is 39.0 Å². The van der Waals surface area contributed by atoms with Gasteiger partial charge in [0.05, 0.1) is 10.6 Å². The normalized spacial score (nSPS) is 12.3. The van der Waals surface area contributed by atoms with E-state index in [0.717, 1.165) is 23.1 Å². The van der Waals surface area contributed by atoms with Crippen LogP contribution in [0.4, 0.5) is 5.69 Å². The van der Waals surface area contributed by atoms with Gasteiger partial charge in [0, 0.05) is 6.54 Å². The molecule has 1 N–H and O–H groups in total. The molecule has 0 aliphatic rings. The summed E-state index contributed by atoms with van der Waals surface area (Å²) in [5.74, 6) is -0.155. The summed E-state index contributed by atoms with van der Waals surface area (Å²) >= 11 is 0. The number of hydrogen-bond acceptors (Lipinski definition) is 3. The molecule has 0 fully saturated rings. The van der Waals surface area contributed by atoms with Gasteiger partial charge in [-0.2, -0.15) is 0 Å². The first-order chi connectivity index (χ1) is 17.6. The quantitative estimate of drug-likeness (QED) is 0.300. The summed E-state index contributed by atoms with van der Waals surface area (Å²) in [6, 6.07) is 26.7. The highest BCUT2D eigenvalue weighted by Crippen LogP contribution is 2.26. The van der Waals surface area contributed by atoms with E-state index >= 15 is 0 Å². The minimum Gasteiger partial charge on any atom is -0.354 e. The van der Waals surface area contributed by atoms with Gasteiger partial charge in [-0.3, -0.25) is 9.10 Å². The van der Waals surface area contributed by atoms with E-state index in [2.05, 4.69) is 42.6 Å². The first kappa shape index (κ1) is 26.4. The van der Waals surface area contributed by atoms with E-state index in [0.29, 0.717) is 12.2 Å². The second kappa shape index (κ2) is 11.2. The van der Waals surface area contributed by atoms with Crippen LogP contribution in [0.5, 0.6) is 0 Å². The van der Waals surface area contributed by atoms with Gasteiger partial charge < -0.3 is 5.32 Å². The number of amides is 1. The fraction of sp³-hybridized carbons (Fsp3) is 0.258. The third kappa shape index (κ3) is 6.20. The number of fused-ring (bicyclic) bond motifs is 1. The largest absolute Gasteiger partial charge is 0.354 e. The first-order valence-electron chi connectivity index (χ1n) is 12.5. The van der Waals surface area contributed by atoms with E-state index in [9.17, 15) is 13.2 Å². The van der Waals surface area contributed by atoms with Crippen LogP contribution in [0.3, 0.4) is 0 Å². The lowest BCUT2D eigenvalue weighted by atomic mass is 9.96. The van der Waals surface area contributed by atoms with Crippen LogP contribution in [0, 0.1) is 26.7 Å². The maximum atomic E-state index is 13.6. The Morgan fingerprint density at radius 2 is 1.57 bits per heavy atom. The van der Waals surface area contributed by atoms with E-state index in [4.69, 9.17) is 0 Å². The highest BCUT2D eigenvalue weighted by molar-refractivity contribution is 7.92. The number of sulfonamides is 1. The Balaban J connectivity index is 1.50. The minimum absolute atomic E-state index is 0.161. The van der Waals surface area contributed by atoms with E-state index in [-0.39, 0.29) is 23.3 Å². The average Bonchev–Trinajstić information content (AvgIpc) is 2.88. The molecule has 0 aliphatic carbocycles. The maximum absolute atomic E-state index is 13.6. The van der Waals surface area contributed by atoms with E-state index in [1.54, 1.807) is 30.3 Å². The number of nitrogens with one attached hydrogen (secondary N) is 1. The summed E-state index contributed by atoms with van der Waals surface area (Å²) in [4.78, 5) is 13.2. The van der Waals surface area contributed by atoms with Crippen LogP contribution in [-0.4, -0.2) is 27.4 Å². The van der Waals surface area contributed by atoms with Gasteiger partial charge in [0.2, 0.25) is 5.91 Å². The molecule has 0 aromatic heterocycles. The van der Waals surface area contributed by atoms with Crippen molar-refractivity contribution in [2.24, 2.45) is 5.92 Å². The third-order valence-electron chi connectivity index (χ3n) is 6.77. The molecule has 0 spiro atoms. The number of nitrogens with zero attached hydrogens (tertiary/aromatic N) is 1. The number of rotatable bonds is 9. The highest BCUT2D eigenvalue weighted by Gasteiger charge is 2.27. The van der Waals surface area contributed by atoms with Crippen LogP contribution >= 0.6 is 0 Å². The Hall–Kier alpha value is -3.64. The molecule has 37 heavy (non-hydrogen) atoms. The molecule has 0 saturated heterocycles. The summed E-state index contributed by atoms with van der Waals surface area (Å²) in [6.45, 7) is 8.07. The molecular formula is C31H34N2O3S. The van der Waals surface area contributed by atoms with Crippen LogP contribution in [-0.2, 0) is 21.2 Å². The molecule has 0 saturated carbocycles. The van der Waals surface area contributed by atoms with Crippen LogP contribution in [0.2, 0.25) is 0 Å². The lowest BCUT2D eigenvalue weighted by molar-refractivity contribution is -0.119. The Morgan fingerprint density at radius 3 is 2.30 bits per heavy atom. The van der Waals surface area contributed by atoms with E-state index in [1.165, 1.54) is 20.6 Å². The number of anilines is 1. The molecule has 5 nitrogen and oxygen atoms in total. The Morgan fingerprint density at radius 1 is 0.865 bits per heavy atom. The van der Waals surface area contributed by atoms with Gasteiger partial charge in [-0.05, 0) is 84.8 Å².